The molecule has 1 atom stereocenters. The number of carbonyl (C=O) groups excluding carboxylic acids is 3. The summed E-state index contributed by atoms with van der Waals surface area (Å²) in [6.45, 7) is 3.32. The highest BCUT2D eigenvalue weighted by Crippen LogP contribution is 2.24. The zero-order valence-corrected chi connectivity index (χ0v) is 21.1. The maximum absolute atomic E-state index is 13.4. The molecule has 0 radical (unpaired) electrons. The van der Waals surface area contributed by atoms with Crippen LogP contribution in [-0.4, -0.2) is 66.1 Å². The summed E-state index contributed by atoms with van der Waals surface area (Å²) < 4.78 is 21.2. The number of likely N-dealkylation sites (tertiary alicyclic amines) is 1. The highest BCUT2D eigenvalue weighted by Gasteiger charge is 2.30. The summed E-state index contributed by atoms with van der Waals surface area (Å²) in [5.41, 5.74) is 0.881. The van der Waals surface area contributed by atoms with Crippen molar-refractivity contribution >= 4 is 17.8 Å². The second kappa shape index (κ2) is 12.2. The molecule has 0 N–H and O–H groups in total. The van der Waals surface area contributed by atoms with Crippen LogP contribution >= 0.6 is 0 Å². The van der Waals surface area contributed by atoms with E-state index in [1.165, 1.54) is 11.2 Å². The SMILES string of the molecule is CCOC(=O)[C@@H]1CCCN(C(=O)CCN(Cc2ccco2)C(=O)c2cc(-c3ccc(OC)cc3)on2)C1. The second-order valence-corrected chi connectivity index (χ2v) is 8.79. The molecule has 2 aromatic heterocycles. The van der Waals surface area contributed by atoms with E-state index in [0.717, 1.165) is 12.0 Å². The maximum atomic E-state index is 13.4. The fourth-order valence-electron chi connectivity index (χ4n) is 4.32. The number of hydrogen-bond acceptors (Lipinski definition) is 8. The third-order valence-corrected chi connectivity index (χ3v) is 6.31. The predicted octanol–water partition coefficient (Wildman–Crippen LogP) is 3.78. The number of piperidine rings is 1. The Morgan fingerprint density at radius 2 is 2.00 bits per heavy atom. The average Bonchev–Trinajstić information content (AvgIpc) is 3.63. The van der Waals surface area contributed by atoms with Gasteiger partial charge in [-0.2, -0.15) is 0 Å². The Kier molecular flexibility index (Phi) is 8.60. The number of ether oxygens (including phenoxy) is 2. The van der Waals surface area contributed by atoms with E-state index in [9.17, 15) is 14.4 Å². The topological polar surface area (TPSA) is 115 Å². The van der Waals surface area contributed by atoms with Crippen molar-refractivity contribution in [1.82, 2.24) is 15.0 Å². The van der Waals surface area contributed by atoms with Gasteiger partial charge in [0.15, 0.2) is 11.5 Å². The molecule has 3 aromatic rings. The number of hydrogen-bond donors (Lipinski definition) is 0. The number of amides is 2. The van der Waals surface area contributed by atoms with Gasteiger partial charge in [0.25, 0.3) is 5.91 Å². The molecule has 0 aliphatic carbocycles. The predicted molar refractivity (Wildman–Crippen MR) is 132 cm³/mol. The van der Waals surface area contributed by atoms with Crippen molar-refractivity contribution in [2.45, 2.75) is 32.7 Å². The largest absolute Gasteiger partial charge is 0.497 e. The van der Waals surface area contributed by atoms with Crippen molar-refractivity contribution in [3.05, 3.63) is 60.2 Å². The molecule has 3 heterocycles. The lowest BCUT2D eigenvalue weighted by atomic mass is 9.98. The molecule has 4 rings (SSSR count). The van der Waals surface area contributed by atoms with Crippen LogP contribution in [0.3, 0.4) is 0 Å². The fourth-order valence-corrected chi connectivity index (χ4v) is 4.32. The third-order valence-electron chi connectivity index (χ3n) is 6.31. The van der Waals surface area contributed by atoms with E-state index in [0.29, 0.717) is 43.4 Å². The van der Waals surface area contributed by atoms with E-state index in [1.807, 2.05) is 12.1 Å². The molecule has 0 saturated carbocycles. The van der Waals surface area contributed by atoms with Gasteiger partial charge in [0.2, 0.25) is 5.91 Å². The van der Waals surface area contributed by atoms with Gasteiger partial charge in [-0.3, -0.25) is 14.4 Å². The number of aromatic nitrogens is 1. The smallest absolute Gasteiger partial charge is 0.310 e. The van der Waals surface area contributed by atoms with Gasteiger partial charge in [-0.15, -0.1) is 0 Å². The first-order chi connectivity index (χ1) is 18.0. The number of nitrogens with zero attached hydrogens (tertiary/aromatic N) is 3. The molecule has 1 fully saturated rings. The summed E-state index contributed by atoms with van der Waals surface area (Å²) in [6.07, 6.45) is 3.07. The van der Waals surface area contributed by atoms with Crippen molar-refractivity contribution in [1.29, 1.82) is 0 Å². The van der Waals surface area contributed by atoms with Crippen LogP contribution in [0.2, 0.25) is 0 Å². The molecular formula is C27H31N3O7. The Bertz CT molecular complexity index is 1190. The molecule has 10 heteroatoms. The monoisotopic (exact) mass is 509 g/mol. The number of carbonyl (C=O) groups is 3. The van der Waals surface area contributed by atoms with Gasteiger partial charge in [-0.05, 0) is 56.2 Å². The van der Waals surface area contributed by atoms with Crippen LogP contribution in [0.5, 0.6) is 5.75 Å². The highest BCUT2D eigenvalue weighted by atomic mass is 16.5. The number of rotatable bonds is 10. The van der Waals surface area contributed by atoms with Crippen molar-refractivity contribution in [2.24, 2.45) is 5.92 Å². The molecule has 10 nitrogen and oxygen atoms in total. The van der Waals surface area contributed by atoms with E-state index in [-0.39, 0.29) is 48.9 Å². The Morgan fingerprint density at radius 1 is 1.19 bits per heavy atom. The molecule has 1 aliphatic rings. The zero-order valence-electron chi connectivity index (χ0n) is 21.1. The molecule has 2 amide bonds. The lowest BCUT2D eigenvalue weighted by Crippen LogP contribution is -2.44. The minimum atomic E-state index is -0.379. The molecule has 1 aliphatic heterocycles. The standard InChI is InChI=1S/C27H31N3O7/c1-3-35-27(33)20-6-4-13-29(17-20)25(31)12-14-30(18-22-7-5-15-36-22)26(32)23-16-24(37-28-23)19-8-10-21(34-2)11-9-19/h5,7-11,15-16,20H,3-4,6,12-14,17-18H2,1-2H3/t20-/m1/s1. The minimum Gasteiger partial charge on any atom is -0.497 e. The summed E-state index contributed by atoms with van der Waals surface area (Å²) in [7, 11) is 1.59. The first kappa shape index (κ1) is 26.0. The van der Waals surface area contributed by atoms with Gasteiger partial charge in [-0.1, -0.05) is 5.16 Å². The van der Waals surface area contributed by atoms with E-state index in [1.54, 1.807) is 49.3 Å². The van der Waals surface area contributed by atoms with E-state index >= 15 is 0 Å². The van der Waals surface area contributed by atoms with Crippen LogP contribution in [0.4, 0.5) is 0 Å². The van der Waals surface area contributed by atoms with Crippen molar-refractivity contribution in [3.63, 3.8) is 0 Å². The van der Waals surface area contributed by atoms with Crippen molar-refractivity contribution < 1.29 is 32.8 Å². The number of furan rings is 1. The minimum absolute atomic E-state index is 0.102. The zero-order chi connectivity index (χ0) is 26.2. The quantitative estimate of drug-likeness (QED) is 0.379. The molecule has 196 valence electrons. The number of esters is 1. The van der Waals surface area contributed by atoms with Gasteiger partial charge in [0.05, 0.1) is 32.4 Å². The molecule has 37 heavy (non-hydrogen) atoms. The van der Waals surface area contributed by atoms with Gasteiger partial charge in [-0.25, -0.2) is 0 Å². The first-order valence-electron chi connectivity index (χ1n) is 12.4. The fraction of sp³-hybridized carbons (Fsp3) is 0.407. The molecule has 1 aromatic carbocycles. The van der Waals surface area contributed by atoms with Crippen LogP contribution in [0.25, 0.3) is 11.3 Å². The van der Waals surface area contributed by atoms with E-state index in [4.69, 9.17) is 18.4 Å². The van der Waals surface area contributed by atoms with Crippen molar-refractivity contribution in [3.8, 4) is 17.1 Å². The number of methoxy groups -OCH3 is 1. The molecule has 0 bridgehead atoms. The van der Waals surface area contributed by atoms with Crippen LogP contribution in [0, 0.1) is 5.92 Å². The second-order valence-electron chi connectivity index (χ2n) is 8.79. The molecule has 0 unspecified atom stereocenters. The lowest BCUT2D eigenvalue weighted by molar-refractivity contribution is -0.151. The Labute approximate surface area is 215 Å². The normalized spacial score (nSPS) is 15.3. The Hall–Kier alpha value is -4.08. The van der Waals surface area contributed by atoms with E-state index in [2.05, 4.69) is 5.16 Å². The maximum Gasteiger partial charge on any atom is 0.310 e. The van der Waals surface area contributed by atoms with Crippen LogP contribution in [0.15, 0.2) is 57.7 Å². The summed E-state index contributed by atoms with van der Waals surface area (Å²) in [6, 6.07) is 12.3. The third kappa shape index (κ3) is 6.58. The van der Waals surface area contributed by atoms with Crippen LogP contribution in [-0.2, 0) is 20.9 Å². The summed E-state index contributed by atoms with van der Waals surface area (Å²) >= 11 is 0. The average molecular weight is 510 g/mol. The summed E-state index contributed by atoms with van der Waals surface area (Å²) in [5.74, 6) is 0.647. The van der Waals surface area contributed by atoms with Crippen LogP contribution < -0.4 is 4.74 Å². The summed E-state index contributed by atoms with van der Waals surface area (Å²) in [4.78, 5) is 41.7. The van der Waals surface area contributed by atoms with Gasteiger partial charge in [0.1, 0.15) is 11.5 Å². The first-order valence-corrected chi connectivity index (χ1v) is 12.4. The Morgan fingerprint density at radius 3 is 2.70 bits per heavy atom. The summed E-state index contributed by atoms with van der Waals surface area (Å²) in [5, 5.41) is 3.97. The van der Waals surface area contributed by atoms with Gasteiger partial charge >= 0.3 is 5.97 Å². The van der Waals surface area contributed by atoms with Gasteiger partial charge in [0, 0.05) is 37.7 Å². The highest BCUT2D eigenvalue weighted by molar-refractivity contribution is 5.93. The molecule has 0 spiro atoms. The lowest BCUT2D eigenvalue weighted by Gasteiger charge is -2.32. The van der Waals surface area contributed by atoms with Crippen molar-refractivity contribution in [2.75, 3.05) is 33.4 Å². The van der Waals surface area contributed by atoms with E-state index < -0.39 is 0 Å². The van der Waals surface area contributed by atoms with Gasteiger partial charge < -0.3 is 28.2 Å². The molecular weight excluding hydrogens is 478 g/mol. The number of benzene rings is 1. The van der Waals surface area contributed by atoms with Crippen LogP contribution in [0.1, 0.15) is 42.4 Å². The molecule has 1 saturated heterocycles. The Balaban J connectivity index is 1.43.